The fourth-order valence-electron chi connectivity index (χ4n) is 4.03. The number of nitriles is 1. The van der Waals surface area contributed by atoms with Gasteiger partial charge in [0.25, 0.3) is 0 Å². The van der Waals surface area contributed by atoms with Gasteiger partial charge < -0.3 is 9.47 Å². The Bertz CT molecular complexity index is 563. The van der Waals surface area contributed by atoms with Crippen molar-refractivity contribution in [3.05, 3.63) is 0 Å². The summed E-state index contributed by atoms with van der Waals surface area (Å²) in [5.41, 5.74) is -2.35. The van der Waals surface area contributed by atoms with Crippen molar-refractivity contribution in [3.63, 3.8) is 0 Å². The first-order chi connectivity index (χ1) is 9.71. The third kappa shape index (κ3) is 1.56. The lowest BCUT2D eigenvalue weighted by molar-refractivity contribution is -0.188. The number of nitrogens with zero attached hydrogens (tertiary/aromatic N) is 1. The summed E-state index contributed by atoms with van der Waals surface area (Å²) in [5.74, 6) is -0.805. The van der Waals surface area contributed by atoms with E-state index in [1.807, 2.05) is 27.7 Å². The summed E-state index contributed by atoms with van der Waals surface area (Å²) in [6.45, 7) is 7.50. The van der Waals surface area contributed by atoms with E-state index < -0.39 is 28.5 Å². The minimum atomic E-state index is -0.998. The Kier molecular flexibility index (Phi) is 2.73. The van der Waals surface area contributed by atoms with Gasteiger partial charge in [0.2, 0.25) is 0 Å². The Labute approximate surface area is 124 Å². The highest BCUT2D eigenvalue weighted by Gasteiger charge is 2.76. The predicted octanol–water partition coefficient (Wildman–Crippen LogP) is 2.20. The van der Waals surface area contributed by atoms with E-state index in [2.05, 4.69) is 6.07 Å². The van der Waals surface area contributed by atoms with E-state index in [0.717, 1.165) is 6.42 Å². The molecular weight excluding hydrogens is 270 g/mol. The molecule has 2 bridgehead atoms. The predicted molar refractivity (Wildman–Crippen MR) is 72.7 cm³/mol. The molecule has 5 nitrogen and oxygen atoms in total. The van der Waals surface area contributed by atoms with Gasteiger partial charge in [-0.15, -0.1) is 0 Å². The van der Waals surface area contributed by atoms with Gasteiger partial charge in [0, 0.05) is 11.8 Å². The lowest BCUT2D eigenvalue weighted by Gasteiger charge is -2.39. The van der Waals surface area contributed by atoms with Crippen molar-refractivity contribution in [1.82, 2.24) is 0 Å². The van der Waals surface area contributed by atoms with E-state index in [1.165, 1.54) is 0 Å². The third-order valence-corrected chi connectivity index (χ3v) is 6.03. The largest absolute Gasteiger partial charge is 0.457 e. The Balaban J connectivity index is 1.89. The molecular formula is C16H21NO4. The molecule has 1 saturated heterocycles. The van der Waals surface area contributed by atoms with Gasteiger partial charge in [-0.2, -0.15) is 5.26 Å². The minimum Gasteiger partial charge on any atom is -0.457 e. The molecule has 0 N–H and O–H groups in total. The third-order valence-electron chi connectivity index (χ3n) is 6.03. The van der Waals surface area contributed by atoms with Gasteiger partial charge in [0.1, 0.15) is 11.7 Å². The molecule has 0 spiro atoms. The second kappa shape index (κ2) is 4.00. The minimum absolute atomic E-state index is 0.0233. The molecule has 0 aromatic heterocycles. The highest BCUT2D eigenvalue weighted by Crippen LogP contribution is 2.66. The number of carbonyl (C=O) groups excluding carboxylic acids is 2. The van der Waals surface area contributed by atoms with Crippen LogP contribution in [-0.4, -0.2) is 23.6 Å². The van der Waals surface area contributed by atoms with Crippen molar-refractivity contribution in [2.75, 3.05) is 0 Å². The molecule has 21 heavy (non-hydrogen) atoms. The lowest BCUT2D eigenvalue weighted by atomic mass is 9.70. The average molecular weight is 291 g/mol. The standard InChI is InChI=1S/C16H21NO4/c1-5-14(2,3)12(18)21-15(4)9-6-10-11(15)20-13(19)16(10,7-9)8-17/h9-11H,5-7H2,1-4H3. The summed E-state index contributed by atoms with van der Waals surface area (Å²) in [6, 6.07) is 2.17. The maximum Gasteiger partial charge on any atom is 0.327 e. The summed E-state index contributed by atoms with van der Waals surface area (Å²) in [5, 5.41) is 9.40. The number of ether oxygens (including phenoxy) is 2. The van der Waals surface area contributed by atoms with Crippen LogP contribution in [0.15, 0.2) is 0 Å². The molecule has 1 aliphatic heterocycles. The zero-order chi connectivity index (χ0) is 15.6. The highest BCUT2D eigenvalue weighted by molar-refractivity contribution is 5.85. The molecule has 5 unspecified atom stereocenters. The van der Waals surface area contributed by atoms with Crippen LogP contribution in [0, 0.1) is 34.0 Å². The Morgan fingerprint density at radius 2 is 2.24 bits per heavy atom. The maximum absolute atomic E-state index is 12.4. The molecule has 5 atom stereocenters. The van der Waals surface area contributed by atoms with Gasteiger partial charge in [0.15, 0.2) is 5.41 Å². The van der Waals surface area contributed by atoms with Crippen LogP contribution in [-0.2, 0) is 19.1 Å². The first kappa shape index (κ1) is 14.4. The van der Waals surface area contributed by atoms with E-state index >= 15 is 0 Å². The highest BCUT2D eigenvalue weighted by atomic mass is 16.6. The summed E-state index contributed by atoms with van der Waals surface area (Å²) in [4.78, 5) is 24.5. The molecule has 5 heteroatoms. The SMILES string of the molecule is CCC(C)(C)C(=O)OC1(C)C2CC3C1OC(=O)C3(C#N)C2. The number of fused-ring (bicyclic) bond motifs is 1. The average Bonchev–Trinajstić information content (AvgIpc) is 3.01. The quantitative estimate of drug-likeness (QED) is 0.745. The van der Waals surface area contributed by atoms with Crippen LogP contribution >= 0.6 is 0 Å². The summed E-state index contributed by atoms with van der Waals surface area (Å²) in [6.07, 6.45) is 1.38. The topological polar surface area (TPSA) is 76.4 Å². The normalized spacial score (nSPS) is 43.6. The molecule has 0 aromatic rings. The van der Waals surface area contributed by atoms with Gasteiger partial charge in [-0.25, -0.2) is 0 Å². The molecule has 0 radical (unpaired) electrons. The first-order valence-electron chi connectivity index (χ1n) is 7.57. The maximum atomic E-state index is 12.4. The van der Waals surface area contributed by atoms with Gasteiger partial charge >= 0.3 is 11.9 Å². The number of hydrogen-bond donors (Lipinski definition) is 0. The van der Waals surface area contributed by atoms with E-state index in [9.17, 15) is 14.9 Å². The van der Waals surface area contributed by atoms with E-state index in [-0.39, 0.29) is 17.8 Å². The zero-order valence-corrected chi connectivity index (χ0v) is 12.9. The van der Waals surface area contributed by atoms with Crippen LogP contribution in [0.2, 0.25) is 0 Å². The smallest absolute Gasteiger partial charge is 0.327 e. The molecule has 0 amide bonds. The van der Waals surface area contributed by atoms with Crippen LogP contribution in [0.4, 0.5) is 0 Å². The van der Waals surface area contributed by atoms with Crippen molar-refractivity contribution in [3.8, 4) is 6.07 Å². The molecule has 3 rings (SSSR count). The van der Waals surface area contributed by atoms with Crippen molar-refractivity contribution in [1.29, 1.82) is 5.26 Å². The van der Waals surface area contributed by atoms with E-state index in [0.29, 0.717) is 12.8 Å². The zero-order valence-electron chi connectivity index (χ0n) is 12.9. The van der Waals surface area contributed by atoms with Crippen LogP contribution in [0.5, 0.6) is 0 Å². The van der Waals surface area contributed by atoms with Crippen molar-refractivity contribution < 1.29 is 19.1 Å². The Morgan fingerprint density at radius 1 is 1.57 bits per heavy atom. The van der Waals surface area contributed by atoms with E-state index in [4.69, 9.17) is 9.47 Å². The Morgan fingerprint density at radius 3 is 2.81 bits per heavy atom. The van der Waals surface area contributed by atoms with Crippen LogP contribution < -0.4 is 0 Å². The summed E-state index contributed by atoms with van der Waals surface area (Å²) >= 11 is 0. The molecule has 114 valence electrons. The van der Waals surface area contributed by atoms with Crippen molar-refractivity contribution in [2.24, 2.45) is 22.7 Å². The summed E-state index contributed by atoms with van der Waals surface area (Å²) in [7, 11) is 0. The molecule has 3 fully saturated rings. The van der Waals surface area contributed by atoms with Gasteiger partial charge in [-0.1, -0.05) is 6.92 Å². The second-order valence-electron chi connectivity index (χ2n) is 7.46. The van der Waals surface area contributed by atoms with Gasteiger partial charge in [0.05, 0.1) is 11.5 Å². The van der Waals surface area contributed by atoms with Crippen LogP contribution in [0.25, 0.3) is 0 Å². The fraction of sp³-hybridized carbons (Fsp3) is 0.812. The first-order valence-corrected chi connectivity index (χ1v) is 7.57. The number of carbonyl (C=O) groups is 2. The molecule has 3 aliphatic rings. The van der Waals surface area contributed by atoms with Crippen LogP contribution in [0.3, 0.4) is 0 Å². The number of esters is 2. The van der Waals surface area contributed by atoms with Crippen molar-refractivity contribution in [2.45, 2.75) is 58.7 Å². The van der Waals surface area contributed by atoms with Crippen molar-refractivity contribution >= 4 is 11.9 Å². The van der Waals surface area contributed by atoms with Crippen LogP contribution in [0.1, 0.15) is 47.0 Å². The molecule has 2 aliphatic carbocycles. The fourth-order valence-corrected chi connectivity index (χ4v) is 4.03. The van der Waals surface area contributed by atoms with E-state index in [1.54, 1.807) is 0 Å². The monoisotopic (exact) mass is 291 g/mol. The van der Waals surface area contributed by atoms with Gasteiger partial charge in [-0.3, -0.25) is 9.59 Å². The molecule has 1 heterocycles. The number of hydrogen-bond acceptors (Lipinski definition) is 5. The number of rotatable bonds is 3. The lowest BCUT2D eigenvalue weighted by Crippen LogP contribution is -2.51. The molecule has 0 aromatic carbocycles. The Hall–Kier alpha value is -1.57. The molecule has 2 saturated carbocycles. The summed E-state index contributed by atoms with van der Waals surface area (Å²) < 4.78 is 11.3. The second-order valence-corrected chi connectivity index (χ2v) is 7.46. The van der Waals surface area contributed by atoms with Gasteiger partial charge in [-0.05, 0) is 40.0 Å².